The monoisotopic (exact) mass is 279 g/mol. The molecule has 0 aliphatic heterocycles. The molecule has 5 heteroatoms. The first-order valence-electron chi connectivity index (χ1n) is 7.65. The number of aliphatic hydroxyl groups excluding tert-OH is 1. The summed E-state index contributed by atoms with van der Waals surface area (Å²) in [5.41, 5.74) is 2.70. The summed E-state index contributed by atoms with van der Waals surface area (Å²) in [6, 6.07) is -0.203. The van der Waals surface area contributed by atoms with E-state index in [4.69, 9.17) is 0 Å². The Kier molecular flexibility index (Phi) is 5.17. The molecule has 2 rings (SSSR count). The molecule has 1 aromatic rings. The molecule has 0 saturated heterocycles. The first-order valence-corrected chi connectivity index (χ1v) is 7.65. The van der Waals surface area contributed by atoms with Crippen LogP contribution in [0.3, 0.4) is 0 Å². The summed E-state index contributed by atoms with van der Waals surface area (Å²) in [6.07, 6.45) is 6.29. The van der Waals surface area contributed by atoms with Gasteiger partial charge in [0.25, 0.3) is 5.91 Å². The van der Waals surface area contributed by atoms with Gasteiger partial charge in [0.1, 0.15) is 0 Å². The highest BCUT2D eigenvalue weighted by molar-refractivity contribution is 5.94. The normalized spacial score (nSPS) is 17.9. The number of carbonyl (C=O) groups is 1. The molecule has 1 heterocycles. The van der Waals surface area contributed by atoms with E-state index in [1.54, 1.807) is 0 Å². The molecule has 2 atom stereocenters. The predicted octanol–water partition coefficient (Wildman–Crippen LogP) is 1.82. The molecule has 0 bridgehead atoms. The molecule has 20 heavy (non-hydrogen) atoms. The first kappa shape index (κ1) is 15.0. The third-order valence-corrected chi connectivity index (χ3v) is 4.37. The van der Waals surface area contributed by atoms with Gasteiger partial charge in [0.05, 0.1) is 12.6 Å². The number of aryl methyl sites for hydroxylation is 1. The Hall–Kier alpha value is -1.36. The fourth-order valence-electron chi connectivity index (χ4n) is 2.73. The van der Waals surface area contributed by atoms with Crippen molar-refractivity contribution in [2.45, 2.75) is 58.4 Å². The summed E-state index contributed by atoms with van der Waals surface area (Å²) in [7, 11) is 0. The van der Waals surface area contributed by atoms with E-state index in [0.29, 0.717) is 5.69 Å². The number of fused-ring (bicyclic) bond motifs is 1. The molecule has 0 unspecified atom stereocenters. The summed E-state index contributed by atoms with van der Waals surface area (Å²) >= 11 is 0. The van der Waals surface area contributed by atoms with Crippen LogP contribution in [0.1, 0.15) is 61.3 Å². The van der Waals surface area contributed by atoms with Gasteiger partial charge in [-0.25, -0.2) is 0 Å². The molecule has 0 fully saturated rings. The zero-order valence-corrected chi connectivity index (χ0v) is 12.4. The van der Waals surface area contributed by atoms with Crippen molar-refractivity contribution in [2.24, 2.45) is 5.92 Å². The molecule has 5 nitrogen and oxygen atoms in total. The molecule has 0 radical (unpaired) electrons. The van der Waals surface area contributed by atoms with Gasteiger partial charge < -0.3 is 10.4 Å². The van der Waals surface area contributed by atoms with Crippen molar-refractivity contribution in [3.63, 3.8) is 0 Å². The van der Waals surface area contributed by atoms with E-state index in [1.165, 1.54) is 6.42 Å². The highest BCUT2D eigenvalue weighted by atomic mass is 16.3. The summed E-state index contributed by atoms with van der Waals surface area (Å²) in [6.45, 7) is 4.06. The van der Waals surface area contributed by atoms with Gasteiger partial charge in [-0.2, -0.15) is 5.10 Å². The number of aromatic nitrogens is 2. The zero-order chi connectivity index (χ0) is 14.5. The van der Waals surface area contributed by atoms with Gasteiger partial charge in [-0.05, 0) is 31.6 Å². The fourth-order valence-corrected chi connectivity index (χ4v) is 2.73. The van der Waals surface area contributed by atoms with Crippen LogP contribution in [0.25, 0.3) is 0 Å². The van der Waals surface area contributed by atoms with Crippen molar-refractivity contribution in [1.82, 2.24) is 15.5 Å². The fraction of sp³-hybridized carbons (Fsp3) is 0.733. The number of nitrogens with zero attached hydrogens (tertiary/aromatic N) is 1. The number of nitrogens with one attached hydrogen (secondary N) is 2. The Balaban J connectivity index is 2.11. The van der Waals surface area contributed by atoms with E-state index in [0.717, 1.165) is 43.4 Å². The van der Waals surface area contributed by atoms with Gasteiger partial charge in [0.15, 0.2) is 5.69 Å². The number of carbonyl (C=O) groups excluding carboxylic acids is 1. The Labute approximate surface area is 120 Å². The lowest BCUT2D eigenvalue weighted by atomic mass is 9.99. The van der Waals surface area contributed by atoms with Crippen LogP contribution in [0.4, 0.5) is 0 Å². The lowest BCUT2D eigenvalue weighted by Gasteiger charge is -2.21. The third kappa shape index (κ3) is 3.20. The molecule has 3 N–H and O–H groups in total. The zero-order valence-electron chi connectivity index (χ0n) is 12.4. The summed E-state index contributed by atoms with van der Waals surface area (Å²) in [5, 5.41) is 19.5. The molecule has 1 amide bonds. The second-order valence-corrected chi connectivity index (χ2v) is 5.74. The molecule has 112 valence electrons. The summed E-state index contributed by atoms with van der Waals surface area (Å²) in [4.78, 5) is 12.4. The van der Waals surface area contributed by atoms with Crippen LogP contribution in [-0.4, -0.2) is 33.9 Å². The van der Waals surface area contributed by atoms with E-state index >= 15 is 0 Å². The maximum absolute atomic E-state index is 12.4. The van der Waals surface area contributed by atoms with Crippen LogP contribution in [-0.2, 0) is 12.8 Å². The van der Waals surface area contributed by atoms with Gasteiger partial charge in [0.2, 0.25) is 0 Å². The Morgan fingerprint density at radius 1 is 1.40 bits per heavy atom. The van der Waals surface area contributed by atoms with E-state index in [2.05, 4.69) is 22.4 Å². The van der Waals surface area contributed by atoms with Crippen LogP contribution in [0.2, 0.25) is 0 Å². The standard InChI is InChI=1S/C15H25N3O2/c1-3-10(2)13(9-19)16-15(20)14-11-7-5-4-6-8-12(11)17-18-14/h10,13,19H,3-9H2,1-2H3,(H,16,20)(H,17,18)/t10-,13+/m1/s1. The van der Waals surface area contributed by atoms with Crippen molar-refractivity contribution >= 4 is 5.91 Å². The van der Waals surface area contributed by atoms with Gasteiger partial charge >= 0.3 is 0 Å². The molecule has 0 saturated carbocycles. The van der Waals surface area contributed by atoms with E-state index in [-0.39, 0.29) is 24.5 Å². The number of aliphatic hydroxyl groups is 1. The van der Waals surface area contributed by atoms with Crippen LogP contribution in [0.15, 0.2) is 0 Å². The van der Waals surface area contributed by atoms with Gasteiger partial charge in [-0.15, -0.1) is 0 Å². The van der Waals surface area contributed by atoms with Gasteiger partial charge in [0, 0.05) is 11.3 Å². The average molecular weight is 279 g/mol. The van der Waals surface area contributed by atoms with Crippen molar-refractivity contribution in [3.05, 3.63) is 17.0 Å². The second kappa shape index (κ2) is 6.88. The molecule has 1 aliphatic carbocycles. The molecular formula is C15H25N3O2. The van der Waals surface area contributed by atoms with E-state index in [9.17, 15) is 9.90 Å². The van der Waals surface area contributed by atoms with Crippen LogP contribution in [0.5, 0.6) is 0 Å². The maximum atomic E-state index is 12.4. The average Bonchev–Trinajstić information content (AvgIpc) is 2.72. The van der Waals surface area contributed by atoms with Crippen molar-refractivity contribution in [2.75, 3.05) is 6.61 Å². The quantitative estimate of drug-likeness (QED) is 0.719. The van der Waals surface area contributed by atoms with Gasteiger partial charge in [-0.3, -0.25) is 9.89 Å². The molecule has 1 aliphatic rings. The first-order chi connectivity index (χ1) is 9.67. The molecule has 0 spiro atoms. The molecule has 0 aromatic carbocycles. The largest absolute Gasteiger partial charge is 0.394 e. The topological polar surface area (TPSA) is 78.0 Å². The lowest BCUT2D eigenvalue weighted by Crippen LogP contribution is -2.42. The minimum absolute atomic E-state index is 0.0344. The van der Waals surface area contributed by atoms with Crippen LogP contribution >= 0.6 is 0 Å². The van der Waals surface area contributed by atoms with Crippen LogP contribution in [0, 0.1) is 5.92 Å². The number of H-pyrrole nitrogens is 1. The number of aromatic amines is 1. The Bertz CT molecular complexity index is 456. The minimum atomic E-state index is -0.203. The van der Waals surface area contributed by atoms with Crippen molar-refractivity contribution in [1.29, 1.82) is 0 Å². The number of rotatable bonds is 5. The number of amides is 1. The lowest BCUT2D eigenvalue weighted by molar-refractivity contribution is 0.0885. The number of hydrogen-bond donors (Lipinski definition) is 3. The van der Waals surface area contributed by atoms with Gasteiger partial charge in [-0.1, -0.05) is 26.7 Å². The highest BCUT2D eigenvalue weighted by Crippen LogP contribution is 2.21. The third-order valence-electron chi connectivity index (χ3n) is 4.37. The summed E-state index contributed by atoms with van der Waals surface area (Å²) in [5.74, 6) is 0.0882. The van der Waals surface area contributed by atoms with E-state index in [1.807, 2.05) is 6.92 Å². The van der Waals surface area contributed by atoms with E-state index < -0.39 is 0 Å². The second-order valence-electron chi connectivity index (χ2n) is 5.74. The minimum Gasteiger partial charge on any atom is -0.394 e. The van der Waals surface area contributed by atoms with Crippen LogP contribution < -0.4 is 5.32 Å². The number of hydrogen-bond acceptors (Lipinski definition) is 3. The van der Waals surface area contributed by atoms with Crippen molar-refractivity contribution < 1.29 is 9.90 Å². The molecular weight excluding hydrogens is 254 g/mol. The maximum Gasteiger partial charge on any atom is 0.272 e. The highest BCUT2D eigenvalue weighted by Gasteiger charge is 2.24. The Morgan fingerprint density at radius 3 is 2.85 bits per heavy atom. The SMILES string of the molecule is CC[C@@H](C)[C@H](CO)NC(=O)c1n[nH]c2c1CCCCC2. The predicted molar refractivity (Wildman–Crippen MR) is 77.6 cm³/mol. The summed E-state index contributed by atoms with van der Waals surface area (Å²) < 4.78 is 0. The van der Waals surface area contributed by atoms with Crippen molar-refractivity contribution in [3.8, 4) is 0 Å². The Morgan fingerprint density at radius 2 is 2.15 bits per heavy atom. The molecule has 1 aromatic heterocycles. The smallest absolute Gasteiger partial charge is 0.272 e.